The molecule has 0 fully saturated rings. The molecule has 0 saturated carbocycles. The molecule has 1 aromatic carbocycles. The lowest BCUT2D eigenvalue weighted by atomic mass is 10.1. The number of nitrogens with zero attached hydrogens (tertiary/aromatic N) is 3. The number of benzene rings is 1. The van der Waals surface area contributed by atoms with Gasteiger partial charge in [0.15, 0.2) is 5.37 Å². The molecule has 24 heavy (non-hydrogen) atoms. The molecule has 0 saturated heterocycles. The van der Waals surface area contributed by atoms with E-state index in [1.165, 1.54) is 0 Å². The van der Waals surface area contributed by atoms with Gasteiger partial charge < -0.3 is 4.57 Å². The molecule has 2 aromatic rings. The van der Waals surface area contributed by atoms with Gasteiger partial charge in [0.05, 0.1) is 18.6 Å². The number of hydrogen-bond donors (Lipinski definition) is 0. The summed E-state index contributed by atoms with van der Waals surface area (Å²) in [6, 6.07) is 7.09. The highest BCUT2D eigenvalue weighted by molar-refractivity contribution is 7.89. The minimum atomic E-state index is -3.48. The molecular weight excluding hydrogens is 346 g/mol. The molecule has 0 N–H and O–H groups in total. The Hall–Kier alpha value is -1.37. The molecule has 7 heteroatoms. The van der Waals surface area contributed by atoms with Crippen LogP contribution in [-0.4, -0.2) is 22.3 Å². The third kappa shape index (κ3) is 3.10. The van der Waals surface area contributed by atoms with Gasteiger partial charge in [-0.05, 0) is 37.0 Å². The highest BCUT2D eigenvalue weighted by atomic mass is 35.5. The molecule has 0 spiro atoms. The van der Waals surface area contributed by atoms with Gasteiger partial charge in [-0.1, -0.05) is 37.6 Å². The maximum atomic E-state index is 13.2. The van der Waals surface area contributed by atoms with Crippen LogP contribution in [0.3, 0.4) is 0 Å². The predicted octanol–water partition coefficient (Wildman–Crippen LogP) is 3.99. The van der Waals surface area contributed by atoms with Crippen molar-refractivity contribution in [3.8, 4) is 0 Å². The first kappa shape index (κ1) is 17.5. The second-order valence-corrected chi connectivity index (χ2v) is 9.17. The summed E-state index contributed by atoms with van der Waals surface area (Å²) in [5, 5.41) is 0.0433. The highest BCUT2D eigenvalue weighted by Crippen LogP contribution is 2.38. The van der Waals surface area contributed by atoms with E-state index in [0.717, 1.165) is 11.3 Å². The lowest BCUT2D eigenvalue weighted by Crippen LogP contribution is -2.43. The van der Waals surface area contributed by atoms with Crippen molar-refractivity contribution in [2.75, 3.05) is 0 Å². The van der Waals surface area contributed by atoms with Gasteiger partial charge in [0.2, 0.25) is 10.0 Å². The average Bonchev–Trinajstić information content (AvgIpc) is 2.97. The normalized spacial score (nSPS) is 21.6. The summed E-state index contributed by atoms with van der Waals surface area (Å²) >= 11 is 5.95. The maximum Gasteiger partial charge on any atom is 0.236 e. The number of fused-ring (bicyclic) bond motifs is 1. The summed E-state index contributed by atoms with van der Waals surface area (Å²) < 4.78 is 29.9. The fourth-order valence-electron chi connectivity index (χ4n) is 3.17. The molecule has 0 aliphatic carbocycles. The summed E-state index contributed by atoms with van der Waals surface area (Å²) in [6.45, 7) is 6.32. The summed E-state index contributed by atoms with van der Waals surface area (Å²) in [4.78, 5) is 4.16. The summed E-state index contributed by atoms with van der Waals surface area (Å²) in [6.07, 6.45) is 3.95. The smallest absolute Gasteiger partial charge is 0.236 e. The third-order valence-corrected chi connectivity index (χ3v) is 6.96. The van der Waals surface area contributed by atoms with Crippen molar-refractivity contribution in [2.24, 2.45) is 5.92 Å². The van der Waals surface area contributed by atoms with E-state index in [4.69, 9.17) is 11.6 Å². The monoisotopic (exact) mass is 367 g/mol. The molecule has 3 rings (SSSR count). The predicted molar refractivity (Wildman–Crippen MR) is 95.0 cm³/mol. The fraction of sp³-hybridized carbons (Fsp3) is 0.471. The van der Waals surface area contributed by atoms with Crippen molar-refractivity contribution in [2.45, 2.75) is 45.2 Å². The van der Waals surface area contributed by atoms with Crippen molar-refractivity contribution in [3.63, 3.8) is 0 Å². The number of hydrogen-bond acceptors (Lipinski definition) is 3. The van der Waals surface area contributed by atoms with E-state index in [1.54, 1.807) is 33.5 Å². The highest BCUT2D eigenvalue weighted by Gasteiger charge is 2.41. The summed E-state index contributed by atoms with van der Waals surface area (Å²) in [5.41, 5.74) is 1.86. The van der Waals surface area contributed by atoms with Crippen molar-refractivity contribution < 1.29 is 8.42 Å². The zero-order valence-electron chi connectivity index (χ0n) is 14.1. The number of imidazole rings is 1. The van der Waals surface area contributed by atoms with Gasteiger partial charge in [-0.2, -0.15) is 4.31 Å². The molecule has 0 amide bonds. The number of aromatic nitrogens is 2. The number of halogens is 1. The van der Waals surface area contributed by atoms with Crippen LogP contribution in [0, 0.1) is 5.92 Å². The first-order valence-electron chi connectivity index (χ1n) is 8.07. The van der Waals surface area contributed by atoms with E-state index in [-0.39, 0.29) is 12.0 Å². The quantitative estimate of drug-likeness (QED) is 0.821. The van der Waals surface area contributed by atoms with Gasteiger partial charge in [-0.3, -0.25) is 0 Å². The molecule has 1 aromatic heterocycles. The van der Waals surface area contributed by atoms with Gasteiger partial charge in [-0.15, -0.1) is 0 Å². The second kappa shape index (κ2) is 6.50. The van der Waals surface area contributed by atoms with E-state index in [9.17, 15) is 8.42 Å². The van der Waals surface area contributed by atoms with Crippen molar-refractivity contribution in [3.05, 3.63) is 53.1 Å². The Morgan fingerprint density at radius 3 is 2.54 bits per heavy atom. The molecule has 2 heterocycles. The van der Waals surface area contributed by atoms with Crippen LogP contribution in [0.15, 0.2) is 36.8 Å². The van der Waals surface area contributed by atoms with Crippen LogP contribution in [0.4, 0.5) is 0 Å². The van der Waals surface area contributed by atoms with Crippen LogP contribution in [0.25, 0.3) is 0 Å². The van der Waals surface area contributed by atoms with E-state index in [1.807, 2.05) is 32.9 Å². The Bertz CT molecular complexity index is 815. The first-order chi connectivity index (χ1) is 11.3. The zero-order chi connectivity index (χ0) is 17.5. The zero-order valence-corrected chi connectivity index (χ0v) is 15.6. The van der Waals surface area contributed by atoms with E-state index in [0.29, 0.717) is 18.0 Å². The van der Waals surface area contributed by atoms with Gasteiger partial charge in [-0.25, -0.2) is 13.4 Å². The van der Waals surface area contributed by atoms with Crippen LogP contribution in [0.5, 0.6) is 0 Å². The molecule has 2 atom stereocenters. The van der Waals surface area contributed by atoms with Crippen molar-refractivity contribution in [1.29, 1.82) is 0 Å². The molecule has 1 aliphatic heterocycles. The minimum Gasteiger partial charge on any atom is -0.314 e. The SMILES string of the molecule is CC(C)CC1n2cncc2CN([C@@H](C)c2ccc(Cl)cc2)S1(=O)=O. The van der Waals surface area contributed by atoms with Crippen LogP contribution < -0.4 is 0 Å². The Balaban J connectivity index is 2.01. The fourth-order valence-corrected chi connectivity index (χ4v) is 5.58. The molecule has 0 radical (unpaired) electrons. The number of rotatable bonds is 4. The Labute approximate surface area is 148 Å². The molecule has 1 unspecified atom stereocenters. The molecule has 130 valence electrons. The molecule has 0 bridgehead atoms. The van der Waals surface area contributed by atoms with Crippen molar-refractivity contribution >= 4 is 21.6 Å². The summed E-state index contributed by atoms with van der Waals surface area (Å²) in [7, 11) is -3.48. The first-order valence-corrected chi connectivity index (χ1v) is 9.95. The van der Waals surface area contributed by atoms with Crippen LogP contribution in [0.2, 0.25) is 5.02 Å². The molecular formula is C17H22ClN3O2S. The Morgan fingerprint density at radius 1 is 1.25 bits per heavy atom. The van der Waals surface area contributed by atoms with E-state index in [2.05, 4.69) is 4.98 Å². The van der Waals surface area contributed by atoms with E-state index < -0.39 is 15.4 Å². The van der Waals surface area contributed by atoms with Gasteiger partial charge in [0, 0.05) is 17.3 Å². The van der Waals surface area contributed by atoms with Gasteiger partial charge >= 0.3 is 0 Å². The van der Waals surface area contributed by atoms with Crippen LogP contribution in [0.1, 0.15) is 49.9 Å². The minimum absolute atomic E-state index is 0.259. The second-order valence-electron chi connectivity index (χ2n) is 6.69. The standard InChI is InChI=1S/C17H22ClN3O2S/c1-12(2)8-17-20-11-19-9-16(20)10-21(24(17,22)23)13(3)14-4-6-15(18)7-5-14/h4-7,9,11-13,17H,8,10H2,1-3H3/t13-,17?/m0/s1. The lowest BCUT2D eigenvalue weighted by Gasteiger charge is -2.38. The Morgan fingerprint density at radius 2 is 1.92 bits per heavy atom. The topological polar surface area (TPSA) is 55.2 Å². The molecule has 1 aliphatic rings. The maximum absolute atomic E-state index is 13.2. The average molecular weight is 368 g/mol. The van der Waals surface area contributed by atoms with Crippen LogP contribution >= 0.6 is 11.6 Å². The third-order valence-electron chi connectivity index (χ3n) is 4.50. The van der Waals surface area contributed by atoms with Crippen molar-refractivity contribution in [1.82, 2.24) is 13.9 Å². The lowest BCUT2D eigenvalue weighted by molar-refractivity contribution is 0.287. The van der Waals surface area contributed by atoms with E-state index >= 15 is 0 Å². The molecule has 5 nitrogen and oxygen atoms in total. The Kier molecular flexibility index (Phi) is 4.73. The largest absolute Gasteiger partial charge is 0.314 e. The van der Waals surface area contributed by atoms with Crippen LogP contribution in [-0.2, 0) is 16.6 Å². The van der Waals surface area contributed by atoms with Gasteiger partial charge in [0.25, 0.3) is 0 Å². The summed E-state index contributed by atoms with van der Waals surface area (Å²) in [5.74, 6) is 0.269. The number of sulfonamides is 1. The van der Waals surface area contributed by atoms with Gasteiger partial charge in [0.1, 0.15) is 0 Å².